The van der Waals surface area contributed by atoms with Gasteiger partial charge in [0, 0.05) is 24.5 Å². The topological polar surface area (TPSA) is 65.8 Å². The summed E-state index contributed by atoms with van der Waals surface area (Å²) in [4.78, 5) is 17.4. The number of anilines is 1. The summed E-state index contributed by atoms with van der Waals surface area (Å²) in [5.74, 6) is 0. The molecule has 1 amide bonds. The highest BCUT2D eigenvalue weighted by atomic mass is 32.1. The van der Waals surface area contributed by atoms with E-state index >= 15 is 0 Å². The maximum atomic E-state index is 12.3. The van der Waals surface area contributed by atoms with Crippen LogP contribution in [0.1, 0.15) is 36.8 Å². The Morgan fingerprint density at radius 3 is 2.62 bits per heavy atom. The molecule has 0 atom stereocenters. The van der Waals surface area contributed by atoms with Crippen molar-refractivity contribution in [2.45, 2.75) is 39.3 Å². The van der Waals surface area contributed by atoms with E-state index in [0.29, 0.717) is 32.7 Å². The molecule has 0 aliphatic carbocycles. The van der Waals surface area contributed by atoms with E-state index in [1.54, 1.807) is 16.2 Å². The van der Waals surface area contributed by atoms with Crippen LogP contribution in [0.3, 0.4) is 0 Å². The lowest BCUT2D eigenvalue weighted by molar-refractivity contribution is 0.0226. The molecule has 0 spiro atoms. The van der Waals surface area contributed by atoms with Gasteiger partial charge in [-0.15, -0.1) is 11.3 Å². The van der Waals surface area contributed by atoms with Gasteiger partial charge < -0.3 is 19.3 Å². The zero-order valence-electron chi connectivity index (χ0n) is 14.4. The molecule has 2 aliphatic heterocycles. The summed E-state index contributed by atoms with van der Waals surface area (Å²) < 4.78 is 10.9. The molecular weight excluding hydrogens is 326 g/mol. The largest absolute Gasteiger partial charge is 0.444 e. The molecule has 0 aromatic carbocycles. The normalized spacial score (nSPS) is 18.1. The first-order valence-corrected chi connectivity index (χ1v) is 9.06. The van der Waals surface area contributed by atoms with Gasteiger partial charge >= 0.3 is 6.09 Å². The van der Waals surface area contributed by atoms with E-state index in [9.17, 15) is 10.1 Å². The van der Waals surface area contributed by atoms with Crippen molar-refractivity contribution in [2.24, 2.45) is 0 Å². The maximum absolute atomic E-state index is 12.3. The van der Waals surface area contributed by atoms with Crippen LogP contribution in [0, 0.1) is 11.3 Å². The van der Waals surface area contributed by atoms with Crippen LogP contribution in [-0.4, -0.2) is 49.4 Å². The third kappa shape index (κ3) is 3.50. The Morgan fingerprint density at radius 1 is 1.29 bits per heavy atom. The number of hydrogen-bond acceptors (Lipinski definition) is 6. The Bertz CT molecular complexity index is 666. The molecule has 1 saturated heterocycles. The van der Waals surface area contributed by atoms with Gasteiger partial charge in [0.2, 0.25) is 0 Å². The molecule has 6 nitrogen and oxygen atoms in total. The van der Waals surface area contributed by atoms with Crippen LogP contribution in [0.2, 0.25) is 0 Å². The molecule has 0 N–H and O–H groups in total. The van der Waals surface area contributed by atoms with Crippen LogP contribution in [0.25, 0.3) is 0 Å². The Kier molecular flexibility index (Phi) is 4.70. The summed E-state index contributed by atoms with van der Waals surface area (Å²) in [5, 5.41) is 10.6. The predicted molar refractivity (Wildman–Crippen MR) is 92.4 cm³/mol. The first kappa shape index (κ1) is 17.1. The van der Waals surface area contributed by atoms with Gasteiger partial charge in [-0.3, -0.25) is 0 Å². The highest BCUT2D eigenvalue weighted by molar-refractivity contribution is 7.16. The van der Waals surface area contributed by atoms with Crippen molar-refractivity contribution in [3.05, 3.63) is 16.0 Å². The molecular formula is C17H23N3O3S. The molecule has 7 heteroatoms. The van der Waals surface area contributed by atoms with Crippen LogP contribution >= 0.6 is 11.3 Å². The van der Waals surface area contributed by atoms with Crippen molar-refractivity contribution in [3.63, 3.8) is 0 Å². The van der Waals surface area contributed by atoms with E-state index in [-0.39, 0.29) is 6.09 Å². The average Bonchev–Trinajstić information content (AvgIpc) is 2.91. The molecule has 0 saturated carbocycles. The van der Waals surface area contributed by atoms with E-state index in [2.05, 4.69) is 11.0 Å². The molecule has 3 rings (SSSR count). The van der Waals surface area contributed by atoms with Gasteiger partial charge in [-0.1, -0.05) is 0 Å². The lowest BCUT2D eigenvalue weighted by Gasteiger charge is -2.29. The predicted octanol–water partition coefficient (Wildman–Crippen LogP) is 2.75. The molecule has 0 bridgehead atoms. The number of thiophene rings is 1. The summed E-state index contributed by atoms with van der Waals surface area (Å²) in [5.41, 5.74) is 1.38. The summed E-state index contributed by atoms with van der Waals surface area (Å²) in [7, 11) is 0. The number of nitriles is 1. The van der Waals surface area contributed by atoms with Crippen molar-refractivity contribution >= 4 is 22.4 Å². The summed E-state index contributed by atoms with van der Waals surface area (Å²) >= 11 is 1.63. The second-order valence-electron chi connectivity index (χ2n) is 7.05. The number of carbonyl (C=O) groups is 1. The van der Waals surface area contributed by atoms with Crippen molar-refractivity contribution in [3.8, 4) is 6.07 Å². The van der Waals surface area contributed by atoms with Gasteiger partial charge in [0.25, 0.3) is 0 Å². The molecule has 1 aromatic rings. The van der Waals surface area contributed by atoms with Crippen LogP contribution in [0.15, 0.2) is 0 Å². The van der Waals surface area contributed by atoms with Gasteiger partial charge in [0.15, 0.2) is 0 Å². The van der Waals surface area contributed by atoms with Crippen molar-refractivity contribution in [1.82, 2.24) is 4.90 Å². The number of hydrogen-bond donors (Lipinski definition) is 0. The van der Waals surface area contributed by atoms with Crippen LogP contribution in [0.4, 0.5) is 9.80 Å². The number of rotatable bonds is 1. The molecule has 3 heterocycles. The summed E-state index contributed by atoms with van der Waals surface area (Å²) in [6, 6.07) is 2.38. The monoisotopic (exact) mass is 349 g/mol. The minimum Gasteiger partial charge on any atom is -0.444 e. The zero-order valence-corrected chi connectivity index (χ0v) is 15.2. The van der Waals surface area contributed by atoms with Gasteiger partial charge in [-0.25, -0.2) is 4.79 Å². The first-order valence-electron chi connectivity index (χ1n) is 8.24. The lowest BCUT2D eigenvalue weighted by Crippen LogP contribution is -2.39. The third-order valence-electron chi connectivity index (χ3n) is 4.10. The van der Waals surface area contributed by atoms with Gasteiger partial charge in [-0.2, -0.15) is 5.26 Å². The van der Waals surface area contributed by atoms with Gasteiger partial charge in [-0.05, 0) is 32.8 Å². The fraction of sp³-hybridized carbons (Fsp3) is 0.647. The van der Waals surface area contributed by atoms with E-state index < -0.39 is 5.60 Å². The second kappa shape index (κ2) is 6.61. The minimum absolute atomic E-state index is 0.284. The number of ether oxygens (including phenoxy) is 2. The highest BCUT2D eigenvalue weighted by Gasteiger charge is 2.31. The van der Waals surface area contributed by atoms with Crippen molar-refractivity contribution in [2.75, 3.05) is 37.7 Å². The Labute approximate surface area is 146 Å². The Morgan fingerprint density at radius 2 is 2.00 bits per heavy atom. The third-order valence-corrected chi connectivity index (χ3v) is 5.38. The number of fused-ring (bicyclic) bond motifs is 1. The second-order valence-corrected chi connectivity index (χ2v) is 8.13. The molecule has 0 unspecified atom stereocenters. The van der Waals surface area contributed by atoms with E-state index in [1.165, 1.54) is 0 Å². The maximum Gasteiger partial charge on any atom is 0.410 e. The fourth-order valence-corrected chi connectivity index (χ4v) is 4.34. The van der Waals surface area contributed by atoms with Crippen LogP contribution < -0.4 is 4.90 Å². The Hall–Kier alpha value is -1.78. The molecule has 1 fully saturated rings. The highest BCUT2D eigenvalue weighted by Crippen LogP contribution is 2.39. The number of carbonyl (C=O) groups excluding carboxylic acids is 1. The van der Waals surface area contributed by atoms with Crippen molar-refractivity contribution < 1.29 is 14.3 Å². The molecule has 1 aromatic heterocycles. The SMILES string of the molecule is CC(C)(C)OC(=O)N1CCc2c(sc(N3CCOCC3)c2C#N)C1. The van der Waals surface area contributed by atoms with E-state index in [1.807, 2.05) is 20.8 Å². The van der Waals surface area contributed by atoms with Gasteiger partial charge in [0.05, 0.1) is 25.3 Å². The smallest absolute Gasteiger partial charge is 0.410 e. The van der Waals surface area contributed by atoms with E-state index in [4.69, 9.17) is 9.47 Å². The summed E-state index contributed by atoms with van der Waals surface area (Å²) in [6.07, 6.45) is 0.422. The van der Waals surface area contributed by atoms with Crippen LogP contribution in [-0.2, 0) is 22.4 Å². The van der Waals surface area contributed by atoms with Crippen LogP contribution in [0.5, 0.6) is 0 Å². The quantitative estimate of drug-likeness (QED) is 0.780. The van der Waals surface area contributed by atoms with Crippen molar-refractivity contribution in [1.29, 1.82) is 5.26 Å². The number of morpholine rings is 1. The van der Waals surface area contributed by atoms with E-state index in [0.717, 1.165) is 34.1 Å². The fourth-order valence-electron chi connectivity index (χ4n) is 2.98. The average molecular weight is 349 g/mol. The lowest BCUT2D eigenvalue weighted by atomic mass is 10.0. The molecule has 24 heavy (non-hydrogen) atoms. The molecule has 130 valence electrons. The first-order chi connectivity index (χ1) is 11.4. The number of nitrogens with zero attached hydrogens (tertiary/aromatic N) is 3. The molecule has 2 aliphatic rings. The Balaban J connectivity index is 1.81. The molecule has 0 radical (unpaired) electrons. The van der Waals surface area contributed by atoms with Gasteiger partial charge in [0.1, 0.15) is 16.7 Å². The summed E-state index contributed by atoms with van der Waals surface area (Å²) in [6.45, 7) is 9.73. The standard InChI is InChI=1S/C17H23N3O3S/c1-17(2,3)23-16(21)20-5-4-12-13(10-18)15(24-14(12)11-20)19-6-8-22-9-7-19/h4-9,11H2,1-3H3. The number of amides is 1. The minimum atomic E-state index is -0.496. The zero-order chi connectivity index (χ0) is 17.3.